The highest BCUT2D eigenvalue weighted by molar-refractivity contribution is 8.00. The van der Waals surface area contributed by atoms with Crippen LogP contribution in [0.5, 0.6) is 5.75 Å². The molecule has 11 atom stereocenters. The second kappa shape index (κ2) is 33.1. The van der Waals surface area contributed by atoms with E-state index in [2.05, 4.69) is 30.7 Å². The van der Waals surface area contributed by atoms with Gasteiger partial charge in [0, 0.05) is 70.5 Å². The number of esters is 1. The number of ketones is 2. The topological polar surface area (TPSA) is 266 Å². The van der Waals surface area contributed by atoms with E-state index in [0.717, 1.165) is 30.4 Å². The number of amides is 5. The molecule has 0 spiro atoms. The predicted octanol–water partition coefficient (Wildman–Crippen LogP) is 7.84. The van der Waals surface area contributed by atoms with Gasteiger partial charge in [0.25, 0.3) is 0 Å². The first kappa shape index (κ1) is 72.1. The molecule has 6 rings (SSSR count). The van der Waals surface area contributed by atoms with E-state index >= 15 is 0 Å². The summed E-state index contributed by atoms with van der Waals surface area (Å²) < 4.78 is 29.5. The van der Waals surface area contributed by atoms with Crippen LogP contribution in [0.2, 0.25) is 5.02 Å². The number of carbonyl (C=O) groups is 8. The molecule has 1 aromatic rings. The second-order valence-corrected chi connectivity index (χ2v) is 24.8. The summed E-state index contributed by atoms with van der Waals surface area (Å²) in [5, 5.41) is 17.1. The molecule has 2 unspecified atom stereocenters. The number of rotatable bonds is 23. The average Bonchev–Trinajstić information content (AvgIpc) is 1.85. The Morgan fingerprint density at radius 2 is 1.75 bits per heavy atom. The van der Waals surface area contributed by atoms with Crippen LogP contribution in [0.3, 0.4) is 0 Å². The number of unbranched alkanes of at least 4 members (excludes halogenated alkanes) is 1. The lowest BCUT2D eigenvalue weighted by molar-refractivity contribution is -0.162. The molecular weight excluding hydrogens is 1130 g/mol. The number of carbonyl (C=O) groups excluding carboxylic acids is 8. The van der Waals surface area contributed by atoms with Gasteiger partial charge in [-0.3, -0.25) is 39.0 Å². The number of nitrogens with one attached hydrogen (secondary N) is 2. The van der Waals surface area contributed by atoms with Gasteiger partial charge in [-0.2, -0.15) is 0 Å². The lowest BCUT2D eigenvalue weighted by Crippen LogP contribution is -2.63. The third kappa shape index (κ3) is 18.8. The predicted molar refractivity (Wildman–Crippen MR) is 330 cm³/mol. The van der Waals surface area contributed by atoms with Crippen LogP contribution >= 0.6 is 23.4 Å². The molecule has 4 heterocycles. The van der Waals surface area contributed by atoms with Gasteiger partial charge >= 0.3 is 12.1 Å². The number of epoxide rings is 1. The van der Waals surface area contributed by atoms with Crippen LogP contribution in [0.4, 0.5) is 10.5 Å². The summed E-state index contributed by atoms with van der Waals surface area (Å²) in [6.45, 7) is 18.8. The van der Waals surface area contributed by atoms with E-state index in [1.165, 1.54) is 54.7 Å². The zero-order valence-corrected chi connectivity index (χ0v) is 52.4. The number of methoxy groups -OCH3 is 2. The number of likely N-dealkylation sites (tertiary alicyclic amines) is 1. The van der Waals surface area contributed by atoms with E-state index in [1.54, 1.807) is 58.2 Å². The highest BCUT2D eigenvalue weighted by Gasteiger charge is 2.64. The standard InChI is InChI=1S/C58H83ClN6O14S.C4H8.CH4/c1-11-34(3)52(70)40(16-12-13-23-60)61-31-42(66)39-20-18-37(19-21-39)32-65-50(69)28-45(54(65)71)80-24-22-48(67)63(7)36(5)55(72)78-47-29-49(68)64(8)41-26-38(27-43(75-9)51(41)59)25-33(2)15-14-17-46(76-10)58(74)30-44(77-56(73)62-58)35(4)53-57(47,6)79-53;1-3-4-2;/h11,14-15,17,26-27,34-37,39-40,44-47,53,61,74H,1,12-13,16,18-25,28-32,60H2,2-10H3,(H,62,73);3H,1,4H2,2H3;1H4/b17-14+,33-15+;;/t34?,35-,36+,37?,39?,40+,44+,45?,46-,47+,53+,57+,58+;;/m1../s1. The third-order valence-electron chi connectivity index (χ3n) is 17.0. The smallest absolute Gasteiger partial charge is 0.409 e. The van der Waals surface area contributed by atoms with Gasteiger partial charge in [0.15, 0.2) is 11.5 Å². The summed E-state index contributed by atoms with van der Waals surface area (Å²) in [6, 6.07) is 1.94. The Balaban J connectivity index is 0.00000300. The summed E-state index contributed by atoms with van der Waals surface area (Å²) >= 11 is 8.04. The molecule has 4 bridgehead atoms. The minimum absolute atomic E-state index is 0. The number of benzene rings is 1. The number of aliphatic hydroxyl groups is 1. The molecule has 3 saturated heterocycles. The Bertz CT molecular complexity index is 2610. The van der Waals surface area contributed by atoms with Crippen LogP contribution in [0.1, 0.15) is 132 Å². The lowest BCUT2D eigenvalue weighted by atomic mass is 9.79. The molecule has 1 aliphatic carbocycles. The number of alkyl carbamates (subject to hydrolysis) is 1. The van der Waals surface area contributed by atoms with Gasteiger partial charge in [-0.15, -0.1) is 24.9 Å². The van der Waals surface area contributed by atoms with E-state index in [-0.39, 0.29) is 91.7 Å². The molecule has 20 nitrogen and oxygen atoms in total. The molecule has 1 aromatic carbocycles. The Morgan fingerprint density at radius 1 is 1.07 bits per heavy atom. The number of hydrogen-bond acceptors (Lipinski definition) is 17. The number of halogens is 1. The minimum Gasteiger partial charge on any atom is -0.495 e. The number of likely N-dealkylation sites (N-methyl/N-ethyl adjacent to an activating group) is 1. The fourth-order valence-electron chi connectivity index (χ4n) is 11.2. The van der Waals surface area contributed by atoms with Crippen molar-refractivity contribution < 1.29 is 67.1 Å². The highest BCUT2D eigenvalue weighted by atomic mass is 35.5. The molecule has 0 radical (unpaired) electrons. The number of allylic oxidation sites excluding steroid dienone is 5. The number of ether oxygens (including phenoxy) is 5. The van der Waals surface area contributed by atoms with Gasteiger partial charge in [0.1, 0.15) is 46.5 Å². The maximum atomic E-state index is 14.4. The van der Waals surface area contributed by atoms with E-state index in [0.29, 0.717) is 56.5 Å². The number of fused-ring (bicyclic) bond motifs is 5. The Labute approximate surface area is 512 Å². The number of nitrogens with zero attached hydrogens (tertiary/aromatic N) is 3. The van der Waals surface area contributed by atoms with Crippen molar-refractivity contribution in [3.05, 3.63) is 71.8 Å². The van der Waals surface area contributed by atoms with Crippen LogP contribution in [0.15, 0.2) is 61.2 Å². The molecule has 4 aliphatic heterocycles. The number of thioether (sulfide) groups is 1. The van der Waals surface area contributed by atoms with Crippen molar-refractivity contribution in [2.45, 2.75) is 186 Å². The lowest BCUT2D eigenvalue weighted by Gasteiger charge is -2.42. The SMILES string of the molecule is C.C=CC(C)C(=O)[C@H](CCCCN)NCC(=O)C1CCC(CN2C(=O)CC(SCCC(=O)N(C)[C@@H](C)C(=O)O[C@H]3CC(=O)N(C)c4cc(cc(OC)c4Cl)C/C(C)=C/C=C/[C@@H](OC)[C@@]4(O)C[C@H](OC(=O)N4)[C@@H](C)[C@@H]4O[C@@]34C)C2=O)CC1.C=CCC. The first-order valence-corrected chi connectivity index (χ1v) is 30.8. The summed E-state index contributed by atoms with van der Waals surface area (Å²) in [5.74, 6) is -2.86. The summed E-state index contributed by atoms with van der Waals surface area (Å²) in [5.41, 5.74) is 4.47. The molecule has 0 aromatic heterocycles. The number of Topliss-reactive ketones (excluding diaryl/α,β-unsaturated/α-hetero) is 2. The number of imide groups is 1. The third-order valence-corrected chi connectivity index (χ3v) is 18.6. The van der Waals surface area contributed by atoms with Crippen LogP contribution in [-0.4, -0.2) is 169 Å². The molecule has 85 heavy (non-hydrogen) atoms. The van der Waals surface area contributed by atoms with Gasteiger partial charge < -0.3 is 49.6 Å². The van der Waals surface area contributed by atoms with E-state index in [1.807, 2.05) is 19.1 Å². The molecule has 4 fully saturated rings. The Hall–Kier alpha value is -5.42. The van der Waals surface area contributed by atoms with Gasteiger partial charge in [0.2, 0.25) is 23.6 Å². The fraction of sp³-hybridized carbons (Fsp3) is 0.651. The zero-order valence-electron chi connectivity index (χ0n) is 50.8. The first-order chi connectivity index (χ1) is 39.8. The number of hydrogen-bond donors (Lipinski definition) is 4. The maximum Gasteiger partial charge on any atom is 0.409 e. The van der Waals surface area contributed by atoms with Gasteiger partial charge in [0.05, 0.1) is 43.2 Å². The second-order valence-electron chi connectivity index (χ2n) is 23.1. The number of anilines is 1. The molecular formula is C63H95ClN6O14S. The van der Waals surface area contributed by atoms with E-state index in [4.69, 9.17) is 41.0 Å². The van der Waals surface area contributed by atoms with Crippen molar-refractivity contribution in [3.8, 4) is 5.75 Å². The van der Waals surface area contributed by atoms with Crippen LogP contribution < -0.4 is 26.0 Å². The van der Waals surface area contributed by atoms with E-state index < -0.39 is 89.3 Å². The van der Waals surface area contributed by atoms with Crippen molar-refractivity contribution in [1.82, 2.24) is 20.4 Å². The van der Waals surface area contributed by atoms with Gasteiger partial charge in [-0.05, 0) is 102 Å². The van der Waals surface area contributed by atoms with Gasteiger partial charge in [-0.1, -0.05) is 82.2 Å². The molecule has 5 amide bonds. The largest absolute Gasteiger partial charge is 0.495 e. The van der Waals surface area contributed by atoms with E-state index in [9.17, 15) is 43.5 Å². The Morgan fingerprint density at radius 3 is 2.38 bits per heavy atom. The van der Waals surface area contributed by atoms with Crippen LogP contribution in [0.25, 0.3) is 0 Å². The first-order valence-electron chi connectivity index (χ1n) is 29.3. The summed E-state index contributed by atoms with van der Waals surface area (Å²) in [4.78, 5) is 112. The highest BCUT2D eigenvalue weighted by Crippen LogP contribution is 2.49. The molecule has 5 aliphatic rings. The quantitative estimate of drug-likeness (QED) is 0.0267. The summed E-state index contributed by atoms with van der Waals surface area (Å²) in [7, 11) is 5.89. The van der Waals surface area contributed by atoms with Crippen molar-refractivity contribution in [3.63, 3.8) is 0 Å². The normalized spacial score (nSPS) is 28.9. The molecule has 22 heteroatoms. The van der Waals surface area contributed by atoms with Crippen molar-refractivity contribution in [1.29, 1.82) is 0 Å². The monoisotopic (exact) mass is 1230 g/mol. The fourth-order valence-corrected chi connectivity index (χ4v) is 12.6. The van der Waals surface area contributed by atoms with Gasteiger partial charge in [-0.25, -0.2) is 9.59 Å². The molecule has 5 N–H and O–H groups in total. The van der Waals surface area contributed by atoms with Crippen LogP contribution in [-0.2, 0) is 58.9 Å². The zero-order chi connectivity index (χ0) is 62.2. The van der Waals surface area contributed by atoms with Crippen LogP contribution in [0, 0.1) is 23.7 Å². The van der Waals surface area contributed by atoms with Crippen molar-refractivity contribution in [2.75, 3.05) is 58.6 Å². The van der Waals surface area contributed by atoms with Crippen molar-refractivity contribution >= 4 is 76.3 Å². The average molecular weight is 1230 g/mol. The molecule has 474 valence electrons. The molecule has 1 saturated carbocycles. The Kier molecular flexibility index (Phi) is 28.0. The summed E-state index contributed by atoms with van der Waals surface area (Å²) in [6.07, 6.45) is 9.58. The maximum absolute atomic E-state index is 14.4. The number of nitrogens with two attached hydrogens (primary N) is 1. The minimum atomic E-state index is -1.89. The van der Waals surface area contributed by atoms with Crippen molar-refractivity contribution in [2.24, 2.45) is 29.4 Å².